The monoisotopic (exact) mass is 344 g/mol. The van der Waals surface area contributed by atoms with Crippen molar-refractivity contribution in [3.05, 3.63) is 47.0 Å². The van der Waals surface area contributed by atoms with E-state index in [1.54, 1.807) is 0 Å². The highest BCUT2D eigenvalue weighted by Gasteiger charge is 2.51. The van der Waals surface area contributed by atoms with Gasteiger partial charge in [0.1, 0.15) is 6.10 Å². The minimum Gasteiger partial charge on any atom is -0.454 e. The van der Waals surface area contributed by atoms with Crippen LogP contribution >= 0.6 is 0 Å². The fraction of sp³-hybridized carbons (Fsp3) is 0.550. The van der Waals surface area contributed by atoms with Crippen molar-refractivity contribution in [2.45, 2.75) is 72.1 Å². The molecule has 25 heavy (non-hydrogen) atoms. The number of hydrogen-bond acceptors (Lipinski definition) is 4. The smallest absolute Gasteiger partial charge is 0.454 e. The number of allylic oxidation sites excluding steroid dienone is 1. The van der Waals surface area contributed by atoms with Gasteiger partial charge < -0.3 is 14.0 Å². The zero-order valence-corrected chi connectivity index (χ0v) is 16.4. The lowest BCUT2D eigenvalue weighted by Gasteiger charge is -2.32. The molecule has 0 N–H and O–H groups in total. The molecule has 5 heteroatoms. The maximum Gasteiger partial charge on any atom is 0.462 e. The van der Waals surface area contributed by atoms with Gasteiger partial charge in [0, 0.05) is 11.9 Å². The van der Waals surface area contributed by atoms with E-state index in [9.17, 15) is 4.79 Å². The minimum atomic E-state index is -0.450. The molecule has 136 valence electrons. The van der Waals surface area contributed by atoms with Gasteiger partial charge in [-0.2, -0.15) is 0 Å². The van der Waals surface area contributed by atoms with Crippen molar-refractivity contribution in [1.29, 1.82) is 0 Å². The van der Waals surface area contributed by atoms with Gasteiger partial charge in [-0.05, 0) is 54.0 Å². The van der Waals surface area contributed by atoms with Crippen LogP contribution in [0.2, 0.25) is 6.32 Å². The van der Waals surface area contributed by atoms with Gasteiger partial charge in [0.2, 0.25) is 0 Å². The Labute approximate surface area is 151 Å². The number of carbonyl (C=O) groups excluding carboxylic acids is 1. The first kappa shape index (κ1) is 19.7. The molecule has 0 bridgehead atoms. The van der Waals surface area contributed by atoms with Crippen molar-refractivity contribution < 1.29 is 18.8 Å². The van der Waals surface area contributed by atoms with Crippen LogP contribution in [0.5, 0.6) is 0 Å². The summed E-state index contributed by atoms with van der Waals surface area (Å²) in [6.07, 6.45) is 0.0802. The number of rotatable bonds is 5. The molecule has 0 radical (unpaired) electrons. The molecule has 1 aromatic carbocycles. The number of ether oxygens (including phenoxy) is 1. The third-order valence-corrected chi connectivity index (χ3v) is 5.08. The molecular formula is C20H29BO4. The molecule has 1 fully saturated rings. The van der Waals surface area contributed by atoms with E-state index in [-0.39, 0.29) is 12.1 Å². The molecule has 0 amide bonds. The molecular weight excluding hydrogens is 315 g/mol. The molecule has 0 aromatic heterocycles. The number of benzene rings is 1. The highest BCUT2D eigenvalue weighted by Crippen LogP contribution is 2.39. The molecule has 0 spiro atoms. The summed E-state index contributed by atoms with van der Waals surface area (Å²) in [4.78, 5) is 12.7. The molecule has 2 rings (SSSR count). The van der Waals surface area contributed by atoms with Crippen LogP contribution in [0.1, 0.15) is 60.1 Å². The normalized spacial score (nSPS) is 19.4. The largest absolute Gasteiger partial charge is 0.462 e. The zero-order chi connectivity index (χ0) is 18.8. The van der Waals surface area contributed by atoms with Gasteiger partial charge in [0.05, 0.1) is 11.2 Å². The summed E-state index contributed by atoms with van der Waals surface area (Å²) in [5, 5.41) is 0. The van der Waals surface area contributed by atoms with Gasteiger partial charge in [0.25, 0.3) is 0 Å². The first-order chi connectivity index (χ1) is 11.5. The van der Waals surface area contributed by atoms with Gasteiger partial charge in [0.15, 0.2) is 0 Å². The molecule has 1 aromatic rings. The second-order valence-electron chi connectivity index (χ2n) is 7.83. The first-order valence-electron chi connectivity index (χ1n) is 8.81. The van der Waals surface area contributed by atoms with E-state index in [2.05, 4.69) is 0 Å². The van der Waals surface area contributed by atoms with Crippen LogP contribution in [0.15, 0.2) is 41.5 Å². The van der Waals surface area contributed by atoms with E-state index in [4.69, 9.17) is 14.0 Å². The Morgan fingerprint density at radius 3 is 2.08 bits per heavy atom. The number of esters is 1. The molecule has 0 unspecified atom stereocenters. The Morgan fingerprint density at radius 1 is 1.08 bits per heavy atom. The SMILES string of the molecule is CC(C)=C(CB1OC(C)(C)C(C)(C)O1)C(=O)O[C@H](C)c1ccccc1. The van der Waals surface area contributed by atoms with Crippen molar-refractivity contribution in [3.63, 3.8) is 0 Å². The maximum atomic E-state index is 12.7. The third kappa shape index (κ3) is 4.53. The molecule has 1 atom stereocenters. The van der Waals surface area contributed by atoms with E-state index in [0.29, 0.717) is 11.9 Å². The van der Waals surface area contributed by atoms with Crippen LogP contribution < -0.4 is 0 Å². The fourth-order valence-corrected chi connectivity index (χ4v) is 2.73. The highest BCUT2D eigenvalue weighted by atomic mass is 16.7. The zero-order valence-electron chi connectivity index (χ0n) is 16.4. The van der Waals surface area contributed by atoms with Crippen molar-refractivity contribution >= 4 is 13.1 Å². The summed E-state index contributed by atoms with van der Waals surface area (Å²) in [5.74, 6) is -0.314. The quantitative estimate of drug-likeness (QED) is 0.440. The van der Waals surface area contributed by atoms with Crippen molar-refractivity contribution in [2.75, 3.05) is 0 Å². The average Bonchev–Trinajstić information content (AvgIpc) is 2.72. The molecule has 1 aliphatic heterocycles. The maximum absolute atomic E-state index is 12.7. The topological polar surface area (TPSA) is 44.8 Å². The lowest BCUT2D eigenvalue weighted by molar-refractivity contribution is -0.143. The van der Waals surface area contributed by atoms with E-state index < -0.39 is 18.3 Å². The molecule has 1 aliphatic rings. The highest BCUT2D eigenvalue weighted by molar-refractivity contribution is 6.47. The van der Waals surface area contributed by atoms with Crippen LogP contribution in [-0.2, 0) is 18.8 Å². The Bertz CT molecular complexity index is 629. The molecule has 0 saturated carbocycles. The summed E-state index contributed by atoms with van der Waals surface area (Å²) in [6, 6.07) is 9.72. The fourth-order valence-electron chi connectivity index (χ4n) is 2.73. The summed E-state index contributed by atoms with van der Waals surface area (Å²) >= 11 is 0. The van der Waals surface area contributed by atoms with Crippen molar-refractivity contribution in [2.24, 2.45) is 0 Å². The van der Waals surface area contributed by atoms with E-state index >= 15 is 0 Å². The van der Waals surface area contributed by atoms with Crippen molar-refractivity contribution in [1.82, 2.24) is 0 Å². The molecule has 4 nitrogen and oxygen atoms in total. The van der Waals surface area contributed by atoms with Gasteiger partial charge in [-0.15, -0.1) is 0 Å². The Hall–Kier alpha value is -1.59. The predicted molar refractivity (Wildman–Crippen MR) is 100 cm³/mol. The lowest BCUT2D eigenvalue weighted by Crippen LogP contribution is -2.41. The average molecular weight is 344 g/mol. The summed E-state index contributed by atoms with van der Waals surface area (Å²) < 4.78 is 17.7. The van der Waals surface area contributed by atoms with Gasteiger partial charge in [-0.25, -0.2) is 4.79 Å². The third-order valence-electron chi connectivity index (χ3n) is 5.08. The van der Waals surface area contributed by atoms with E-state index in [0.717, 1.165) is 11.1 Å². The summed E-state index contributed by atoms with van der Waals surface area (Å²) in [6.45, 7) is 13.7. The molecule has 1 heterocycles. The Balaban J connectivity index is 2.07. The summed E-state index contributed by atoms with van der Waals surface area (Å²) in [7, 11) is -0.450. The van der Waals surface area contributed by atoms with Gasteiger partial charge in [-0.1, -0.05) is 35.9 Å². The minimum absolute atomic E-state index is 0.304. The van der Waals surface area contributed by atoms with E-state index in [1.165, 1.54) is 0 Å². The predicted octanol–water partition coefficient (Wildman–Crippen LogP) is 4.72. The van der Waals surface area contributed by atoms with Gasteiger partial charge in [-0.3, -0.25) is 0 Å². The number of carbonyl (C=O) groups is 1. The second-order valence-corrected chi connectivity index (χ2v) is 7.83. The van der Waals surface area contributed by atoms with Crippen LogP contribution in [-0.4, -0.2) is 24.3 Å². The van der Waals surface area contributed by atoms with E-state index in [1.807, 2.05) is 78.8 Å². The lowest BCUT2D eigenvalue weighted by atomic mass is 9.79. The summed E-state index contributed by atoms with van der Waals surface area (Å²) in [5.41, 5.74) is 1.68. The first-order valence-corrected chi connectivity index (χ1v) is 8.81. The second kappa shape index (κ2) is 7.34. The van der Waals surface area contributed by atoms with Crippen LogP contribution in [0.25, 0.3) is 0 Å². The number of hydrogen-bond donors (Lipinski definition) is 0. The van der Waals surface area contributed by atoms with Crippen LogP contribution in [0.4, 0.5) is 0 Å². The van der Waals surface area contributed by atoms with Crippen LogP contribution in [0, 0.1) is 0 Å². The molecule has 0 aliphatic carbocycles. The Kier molecular flexibility index (Phi) is 5.80. The van der Waals surface area contributed by atoms with Crippen molar-refractivity contribution in [3.8, 4) is 0 Å². The van der Waals surface area contributed by atoms with Crippen LogP contribution in [0.3, 0.4) is 0 Å². The Morgan fingerprint density at radius 2 is 1.60 bits per heavy atom. The molecule has 1 saturated heterocycles. The van der Waals surface area contributed by atoms with Gasteiger partial charge >= 0.3 is 13.1 Å². The standard InChI is InChI=1S/C20H29BO4/c1-14(2)17(13-21-24-19(4,5)20(6,7)25-21)18(22)23-15(3)16-11-9-8-10-12-16/h8-12,15H,13H2,1-7H3/t15-/m1/s1.